The zero-order chi connectivity index (χ0) is 13.7. The van der Waals surface area contributed by atoms with Crippen LogP contribution in [0.2, 0.25) is 0 Å². The van der Waals surface area contributed by atoms with Crippen LogP contribution in [0.3, 0.4) is 0 Å². The first-order valence-corrected chi connectivity index (χ1v) is 7.21. The van der Waals surface area contributed by atoms with Gasteiger partial charge in [-0.15, -0.1) is 0 Å². The predicted octanol–water partition coefficient (Wildman–Crippen LogP) is 3.43. The van der Waals surface area contributed by atoms with Crippen LogP contribution in [0.1, 0.15) is 61.6 Å². The van der Waals surface area contributed by atoms with Crippen molar-refractivity contribution >= 4 is 5.97 Å². The highest BCUT2D eigenvalue weighted by atomic mass is 16.4. The summed E-state index contributed by atoms with van der Waals surface area (Å²) in [6.07, 6.45) is 9.33. The molecule has 0 bridgehead atoms. The van der Waals surface area contributed by atoms with Crippen molar-refractivity contribution in [1.29, 1.82) is 0 Å². The van der Waals surface area contributed by atoms with Gasteiger partial charge in [0.05, 0.1) is 12.8 Å². The van der Waals surface area contributed by atoms with Crippen LogP contribution in [0.25, 0.3) is 0 Å². The topological polar surface area (TPSA) is 62.5 Å². The molecule has 0 amide bonds. The van der Waals surface area contributed by atoms with Crippen molar-refractivity contribution in [3.63, 3.8) is 0 Å². The Bertz CT molecular complexity index is 405. The van der Waals surface area contributed by atoms with Crippen molar-refractivity contribution in [1.82, 2.24) is 5.32 Å². The lowest BCUT2D eigenvalue weighted by atomic mass is 9.93. The summed E-state index contributed by atoms with van der Waals surface area (Å²) in [5, 5.41) is 12.4. The fourth-order valence-corrected chi connectivity index (χ4v) is 2.90. The van der Waals surface area contributed by atoms with Crippen LogP contribution in [0, 0.1) is 5.92 Å². The summed E-state index contributed by atoms with van der Waals surface area (Å²) in [4.78, 5) is 11.0. The molecule has 2 N–H and O–H groups in total. The summed E-state index contributed by atoms with van der Waals surface area (Å²) >= 11 is 0. The van der Waals surface area contributed by atoms with Crippen molar-refractivity contribution in [3.05, 3.63) is 23.7 Å². The average Bonchev–Trinajstić information content (AvgIpc) is 2.69. The Balaban J connectivity index is 1.86. The van der Waals surface area contributed by atoms with Gasteiger partial charge in [0.15, 0.2) is 0 Å². The van der Waals surface area contributed by atoms with E-state index in [-0.39, 0.29) is 5.56 Å². The number of hydrogen-bond acceptors (Lipinski definition) is 3. The fraction of sp³-hybridized carbons (Fsp3) is 0.667. The third-order valence-corrected chi connectivity index (χ3v) is 4.17. The first-order chi connectivity index (χ1) is 9.18. The monoisotopic (exact) mass is 265 g/mol. The number of aromatic carboxylic acids is 1. The Morgan fingerprint density at radius 2 is 2.11 bits per heavy atom. The van der Waals surface area contributed by atoms with Gasteiger partial charge >= 0.3 is 5.97 Å². The second-order valence-electron chi connectivity index (χ2n) is 5.48. The van der Waals surface area contributed by atoms with Crippen LogP contribution in [-0.2, 0) is 6.54 Å². The van der Waals surface area contributed by atoms with Crippen molar-refractivity contribution in [2.45, 2.75) is 58.0 Å². The summed E-state index contributed by atoms with van der Waals surface area (Å²) in [6, 6.07) is 1.92. The third kappa shape index (κ3) is 3.83. The molecule has 1 heterocycles. The standard InChI is InChI=1S/C15H23NO3/c1-11(12-6-4-2-3-5-7-12)16-10-14-13(15(17)18)8-9-19-14/h8-9,11-12,16H,2-7,10H2,1H3,(H,17,18)/t11-/m0/s1. The maximum Gasteiger partial charge on any atom is 0.339 e. The largest absolute Gasteiger partial charge is 0.478 e. The van der Waals surface area contributed by atoms with Gasteiger partial charge in [-0.3, -0.25) is 0 Å². The average molecular weight is 265 g/mol. The molecule has 1 atom stereocenters. The van der Waals surface area contributed by atoms with Gasteiger partial charge in [-0.2, -0.15) is 0 Å². The van der Waals surface area contributed by atoms with Gasteiger partial charge in [-0.1, -0.05) is 25.7 Å². The number of hydrogen-bond donors (Lipinski definition) is 2. The van der Waals surface area contributed by atoms with Gasteiger partial charge in [0, 0.05) is 6.04 Å². The van der Waals surface area contributed by atoms with E-state index in [1.165, 1.54) is 50.9 Å². The van der Waals surface area contributed by atoms with E-state index in [4.69, 9.17) is 9.52 Å². The highest BCUT2D eigenvalue weighted by Crippen LogP contribution is 2.25. The summed E-state index contributed by atoms with van der Waals surface area (Å²) in [5.41, 5.74) is 0.264. The Kier molecular flexibility index (Phi) is 5.02. The van der Waals surface area contributed by atoms with Gasteiger partial charge in [0.2, 0.25) is 0 Å². The Morgan fingerprint density at radius 3 is 2.74 bits per heavy atom. The minimum absolute atomic E-state index is 0.264. The molecule has 106 valence electrons. The first-order valence-electron chi connectivity index (χ1n) is 7.21. The molecule has 1 aliphatic carbocycles. The SMILES string of the molecule is C[C@H](NCc1occc1C(=O)O)C1CCCCCC1. The van der Waals surface area contributed by atoms with E-state index < -0.39 is 5.97 Å². The zero-order valence-corrected chi connectivity index (χ0v) is 11.5. The van der Waals surface area contributed by atoms with Crippen molar-refractivity contribution in [2.75, 3.05) is 0 Å². The normalized spacial score (nSPS) is 19.0. The molecule has 0 unspecified atom stereocenters. The molecule has 1 aromatic heterocycles. The van der Waals surface area contributed by atoms with E-state index in [0.717, 1.165) is 0 Å². The van der Waals surface area contributed by atoms with Crippen LogP contribution in [-0.4, -0.2) is 17.1 Å². The molecule has 1 aromatic rings. The smallest absolute Gasteiger partial charge is 0.339 e. The highest BCUT2D eigenvalue weighted by molar-refractivity contribution is 5.88. The molecule has 1 saturated carbocycles. The molecule has 19 heavy (non-hydrogen) atoms. The maximum atomic E-state index is 11.0. The quantitative estimate of drug-likeness (QED) is 0.801. The van der Waals surface area contributed by atoms with Crippen LogP contribution >= 0.6 is 0 Å². The Labute approximate surface area is 114 Å². The first kappa shape index (κ1) is 14.1. The molecule has 4 heteroatoms. The van der Waals surface area contributed by atoms with E-state index in [9.17, 15) is 4.79 Å². The number of carbonyl (C=O) groups is 1. The molecule has 1 aliphatic rings. The molecule has 0 spiro atoms. The lowest BCUT2D eigenvalue weighted by molar-refractivity contribution is 0.0694. The Morgan fingerprint density at radius 1 is 1.42 bits per heavy atom. The van der Waals surface area contributed by atoms with Crippen molar-refractivity contribution < 1.29 is 14.3 Å². The van der Waals surface area contributed by atoms with Gasteiger partial charge < -0.3 is 14.8 Å². The molecule has 0 saturated heterocycles. The molecule has 0 aliphatic heterocycles. The lowest BCUT2D eigenvalue weighted by Gasteiger charge is -2.23. The number of carboxylic acids is 1. The van der Waals surface area contributed by atoms with E-state index in [2.05, 4.69) is 12.2 Å². The zero-order valence-electron chi connectivity index (χ0n) is 11.5. The van der Waals surface area contributed by atoms with E-state index in [1.807, 2.05) is 0 Å². The molecule has 0 radical (unpaired) electrons. The number of rotatable bonds is 5. The maximum absolute atomic E-state index is 11.0. The van der Waals surface area contributed by atoms with Crippen molar-refractivity contribution in [3.8, 4) is 0 Å². The Hall–Kier alpha value is -1.29. The van der Waals surface area contributed by atoms with Gasteiger partial charge in [-0.05, 0) is 31.7 Å². The summed E-state index contributed by atoms with van der Waals surface area (Å²) in [7, 11) is 0. The van der Waals surface area contributed by atoms with Gasteiger partial charge in [0.25, 0.3) is 0 Å². The molecule has 2 rings (SSSR count). The van der Waals surface area contributed by atoms with Gasteiger partial charge in [-0.25, -0.2) is 4.79 Å². The van der Waals surface area contributed by atoms with E-state index in [1.54, 1.807) is 0 Å². The number of carboxylic acid groups (broad SMARTS) is 1. The molecular formula is C15H23NO3. The van der Waals surface area contributed by atoms with Crippen LogP contribution in [0.4, 0.5) is 0 Å². The summed E-state index contributed by atoms with van der Waals surface area (Å²) < 4.78 is 5.25. The summed E-state index contributed by atoms with van der Waals surface area (Å²) in [5.74, 6) is 0.298. The fourth-order valence-electron chi connectivity index (χ4n) is 2.90. The molecule has 0 aromatic carbocycles. The molecule has 4 nitrogen and oxygen atoms in total. The third-order valence-electron chi connectivity index (χ3n) is 4.17. The van der Waals surface area contributed by atoms with E-state index >= 15 is 0 Å². The second-order valence-corrected chi connectivity index (χ2v) is 5.48. The minimum atomic E-state index is -0.923. The minimum Gasteiger partial charge on any atom is -0.478 e. The van der Waals surface area contributed by atoms with Crippen LogP contribution in [0.15, 0.2) is 16.7 Å². The second kappa shape index (κ2) is 6.75. The van der Waals surface area contributed by atoms with E-state index in [0.29, 0.717) is 24.3 Å². The number of furan rings is 1. The van der Waals surface area contributed by atoms with Gasteiger partial charge in [0.1, 0.15) is 11.3 Å². The predicted molar refractivity (Wildman–Crippen MR) is 73.2 cm³/mol. The highest BCUT2D eigenvalue weighted by Gasteiger charge is 2.20. The molecule has 1 fully saturated rings. The number of nitrogens with one attached hydrogen (secondary N) is 1. The van der Waals surface area contributed by atoms with Crippen LogP contribution < -0.4 is 5.32 Å². The van der Waals surface area contributed by atoms with Crippen molar-refractivity contribution in [2.24, 2.45) is 5.92 Å². The lowest BCUT2D eigenvalue weighted by Crippen LogP contribution is -2.33. The summed E-state index contributed by atoms with van der Waals surface area (Å²) in [6.45, 7) is 2.69. The molecular weight excluding hydrogens is 242 g/mol. The van der Waals surface area contributed by atoms with Crippen LogP contribution in [0.5, 0.6) is 0 Å².